The molecule has 0 spiro atoms. The number of nitrogens with two attached hydrogens (primary N) is 1. The topological polar surface area (TPSA) is 38.9 Å². The van der Waals surface area contributed by atoms with Gasteiger partial charge in [0.15, 0.2) is 0 Å². The quantitative estimate of drug-likeness (QED) is 0.726. The van der Waals surface area contributed by atoms with Gasteiger partial charge in [0.25, 0.3) is 0 Å². The fourth-order valence-corrected chi connectivity index (χ4v) is 2.12. The minimum atomic E-state index is 0.138. The second kappa shape index (κ2) is 2.29. The van der Waals surface area contributed by atoms with Crippen LogP contribution >= 0.6 is 11.3 Å². The molecule has 0 saturated heterocycles. The molecular weight excluding hydrogens is 156 g/mol. The van der Waals surface area contributed by atoms with Crippen LogP contribution in [0.4, 0.5) is 0 Å². The maximum absolute atomic E-state index is 5.97. The molecular formula is C8H12N2S. The maximum Gasteiger partial charge on any atom is 0.0896 e. The van der Waals surface area contributed by atoms with Gasteiger partial charge < -0.3 is 5.73 Å². The van der Waals surface area contributed by atoms with Crippen LogP contribution in [0.2, 0.25) is 0 Å². The second-order valence-corrected chi connectivity index (χ2v) is 4.70. The molecule has 0 atom stereocenters. The number of rotatable bonds is 2. The van der Waals surface area contributed by atoms with Gasteiger partial charge in [-0.05, 0) is 19.8 Å². The number of nitrogens with zero attached hydrogens (tertiary/aromatic N) is 1. The van der Waals surface area contributed by atoms with Crippen molar-refractivity contribution in [3.63, 3.8) is 0 Å². The molecule has 0 amide bonds. The molecule has 1 saturated carbocycles. The standard InChI is InChI=1S/C8H12N2S/c1-6-10-5-7(11-6)4-8(9)2-3-8/h5H,2-4,9H2,1H3. The lowest BCUT2D eigenvalue weighted by atomic mass is 10.2. The summed E-state index contributed by atoms with van der Waals surface area (Å²) in [6.07, 6.45) is 5.35. The minimum absolute atomic E-state index is 0.138. The van der Waals surface area contributed by atoms with Crippen LogP contribution in [-0.2, 0) is 6.42 Å². The van der Waals surface area contributed by atoms with E-state index in [0.29, 0.717) is 0 Å². The smallest absolute Gasteiger partial charge is 0.0896 e. The van der Waals surface area contributed by atoms with Gasteiger partial charge in [-0.2, -0.15) is 0 Å². The van der Waals surface area contributed by atoms with Crippen molar-refractivity contribution < 1.29 is 0 Å². The Hall–Kier alpha value is -0.410. The molecule has 1 aromatic rings. The van der Waals surface area contributed by atoms with Crippen molar-refractivity contribution in [2.45, 2.75) is 31.7 Å². The average molecular weight is 168 g/mol. The first-order valence-corrected chi connectivity index (χ1v) is 4.70. The normalized spacial score (nSPS) is 20.2. The summed E-state index contributed by atoms with van der Waals surface area (Å²) >= 11 is 1.76. The van der Waals surface area contributed by atoms with Crippen molar-refractivity contribution >= 4 is 11.3 Å². The van der Waals surface area contributed by atoms with Crippen LogP contribution < -0.4 is 5.73 Å². The van der Waals surface area contributed by atoms with Crippen molar-refractivity contribution in [2.75, 3.05) is 0 Å². The van der Waals surface area contributed by atoms with Gasteiger partial charge in [0.1, 0.15) is 0 Å². The van der Waals surface area contributed by atoms with Gasteiger partial charge in [0.05, 0.1) is 5.01 Å². The molecule has 2 rings (SSSR count). The van der Waals surface area contributed by atoms with Crippen LogP contribution in [-0.4, -0.2) is 10.5 Å². The third kappa shape index (κ3) is 1.60. The molecule has 1 aliphatic carbocycles. The molecule has 1 aromatic heterocycles. The molecule has 1 aliphatic rings. The summed E-state index contributed by atoms with van der Waals surface area (Å²) < 4.78 is 0. The zero-order chi connectivity index (χ0) is 7.90. The predicted octanol–water partition coefficient (Wildman–Crippen LogP) is 1.49. The van der Waals surface area contributed by atoms with Crippen LogP contribution in [0, 0.1) is 6.92 Å². The highest BCUT2D eigenvalue weighted by Gasteiger charge is 2.38. The van der Waals surface area contributed by atoms with Crippen LogP contribution in [0.1, 0.15) is 22.7 Å². The Morgan fingerprint density at radius 1 is 1.73 bits per heavy atom. The third-order valence-corrected chi connectivity index (χ3v) is 3.00. The lowest BCUT2D eigenvalue weighted by Crippen LogP contribution is -2.23. The summed E-state index contributed by atoms with van der Waals surface area (Å²) in [4.78, 5) is 5.53. The highest BCUT2D eigenvalue weighted by atomic mass is 32.1. The molecule has 0 bridgehead atoms. The third-order valence-electron chi connectivity index (χ3n) is 2.09. The average Bonchev–Trinajstić information content (AvgIpc) is 2.49. The van der Waals surface area contributed by atoms with Crippen LogP contribution in [0.15, 0.2) is 6.20 Å². The fourth-order valence-electron chi connectivity index (χ4n) is 1.17. The van der Waals surface area contributed by atoms with E-state index in [2.05, 4.69) is 4.98 Å². The molecule has 3 heteroatoms. The highest BCUT2D eigenvalue weighted by Crippen LogP contribution is 2.36. The van der Waals surface area contributed by atoms with Crippen molar-refractivity contribution in [1.82, 2.24) is 4.98 Å². The van der Waals surface area contributed by atoms with E-state index in [1.54, 1.807) is 11.3 Å². The van der Waals surface area contributed by atoms with Gasteiger partial charge in [0, 0.05) is 23.0 Å². The fraction of sp³-hybridized carbons (Fsp3) is 0.625. The Kier molecular flexibility index (Phi) is 1.51. The Bertz CT molecular complexity index is 263. The van der Waals surface area contributed by atoms with Gasteiger partial charge in [-0.15, -0.1) is 11.3 Å². The molecule has 1 fully saturated rings. The Morgan fingerprint density at radius 3 is 2.91 bits per heavy atom. The Morgan fingerprint density at radius 2 is 2.45 bits per heavy atom. The molecule has 0 radical (unpaired) electrons. The molecule has 2 nitrogen and oxygen atoms in total. The van der Waals surface area contributed by atoms with Crippen molar-refractivity contribution in [2.24, 2.45) is 5.73 Å². The number of hydrogen-bond acceptors (Lipinski definition) is 3. The maximum atomic E-state index is 5.97. The van der Waals surface area contributed by atoms with Crippen molar-refractivity contribution in [3.8, 4) is 0 Å². The Labute approximate surface area is 70.5 Å². The highest BCUT2D eigenvalue weighted by molar-refractivity contribution is 7.11. The second-order valence-electron chi connectivity index (χ2n) is 3.38. The summed E-state index contributed by atoms with van der Waals surface area (Å²) in [6.45, 7) is 2.03. The zero-order valence-corrected chi connectivity index (χ0v) is 7.45. The van der Waals surface area contributed by atoms with E-state index >= 15 is 0 Å². The number of aromatic nitrogens is 1. The van der Waals surface area contributed by atoms with E-state index in [4.69, 9.17) is 5.73 Å². The van der Waals surface area contributed by atoms with Gasteiger partial charge >= 0.3 is 0 Å². The zero-order valence-electron chi connectivity index (χ0n) is 6.63. The summed E-state index contributed by atoms with van der Waals surface area (Å²) in [5.74, 6) is 0. The summed E-state index contributed by atoms with van der Waals surface area (Å²) in [5, 5.41) is 1.14. The predicted molar refractivity (Wildman–Crippen MR) is 46.7 cm³/mol. The molecule has 0 unspecified atom stereocenters. The van der Waals surface area contributed by atoms with Gasteiger partial charge in [0.2, 0.25) is 0 Å². The molecule has 60 valence electrons. The molecule has 1 heterocycles. The lowest BCUT2D eigenvalue weighted by Gasteiger charge is -2.03. The first-order chi connectivity index (χ1) is 5.18. The lowest BCUT2D eigenvalue weighted by molar-refractivity contribution is 0.678. The van der Waals surface area contributed by atoms with E-state index in [-0.39, 0.29) is 5.54 Å². The monoisotopic (exact) mass is 168 g/mol. The van der Waals surface area contributed by atoms with Crippen LogP contribution in [0.5, 0.6) is 0 Å². The van der Waals surface area contributed by atoms with Gasteiger partial charge in [-0.3, -0.25) is 0 Å². The Balaban J connectivity index is 2.06. The van der Waals surface area contributed by atoms with Crippen molar-refractivity contribution in [3.05, 3.63) is 16.1 Å². The van der Waals surface area contributed by atoms with E-state index in [0.717, 1.165) is 11.4 Å². The van der Waals surface area contributed by atoms with Crippen molar-refractivity contribution in [1.29, 1.82) is 0 Å². The van der Waals surface area contributed by atoms with E-state index in [1.807, 2.05) is 13.1 Å². The molecule has 0 aliphatic heterocycles. The van der Waals surface area contributed by atoms with Crippen LogP contribution in [0.25, 0.3) is 0 Å². The molecule has 11 heavy (non-hydrogen) atoms. The molecule has 0 aromatic carbocycles. The minimum Gasteiger partial charge on any atom is -0.325 e. The van der Waals surface area contributed by atoms with E-state index in [1.165, 1.54) is 17.7 Å². The van der Waals surface area contributed by atoms with Gasteiger partial charge in [-0.1, -0.05) is 0 Å². The van der Waals surface area contributed by atoms with Gasteiger partial charge in [-0.25, -0.2) is 4.98 Å². The largest absolute Gasteiger partial charge is 0.325 e. The summed E-state index contributed by atoms with van der Waals surface area (Å²) in [7, 11) is 0. The molecule has 2 N–H and O–H groups in total. The van der Waals surface area contributed by atoms with Crippen LogP contribution in [0.3, 0.4) is 0 Å². The van der Waals surface area contributed by atoms with E-state index < -0.39 is 0 Å². The SMILES string of the molecule is Cc1ncc(CC2(N)CC2)s1. The number of thiazole rings is 1. The summed E-state index contributed by atoms with van der Waals surface area (Å²) in [5.41, 5.74) is 6.10. The van der Waals surface area contributed by atoms with E-state index in [9.17, 15) is 0 Å². The first-order valence-electron chi connectivity index (χ1n) is 3.88. The number of hydrogen-bond donors (Lipinski definition) is 1. The summed E-state index contributed by atoms with van der Waals surface area (Å²) in [6, 6.07) is 0. The number of aryl methyl sites for hydroxylation is 1. The first kappa shape index (κ1) is 7.25.